The summed E-state index contributed by atoms with van der Waals surface area (Å²) in [4.78, 5) is 34.3. The Labute approximate surface area is 195 Å². The molecule has 0 radical (unpaired) electrons. The molecule has 33 heavy (non-hydrogen) atoms. The quantitative estimate of drug-likeness (QED) is 0.556. The van der Waals surface area contributed by atoms with E-state index in [1.165, 1.54) is 12.8 Å². The van der Waals surface area contributed by atoms with E-state index in [4.69, 9.17) is 0 Å². The van der Waals surface area contributed by atoms with Crippen LogP contribution in [-0.2, 0) is 4.79 Å². The van der Waals surface area contributed by atoms with Gasteiger partial charge in [-0.05, 0) is 50.4 Å². The van der Waals surface area contributed by atoms with Crippen molar-refractivity contribution >= 4 is 22.6 Å². The van der Waals surface area contributed by atoms with Crippen molar-refractivity contribution in [3.8, 4) is 11.3 Å². The molecule has 3 heterocycles. The second kappa shape index (κ2) is 9.92. The summed E-state index contributed by atoms with van der Waals surface area (Å²) in [6.07, 6.45) is 6.44. The molecule has 2 aliphatic heterocycles. The van der Waals surface area contributed by atoms with Gasteiger partial charge in [0.15, 0.2) is 5.78 Å². The van der Waals surface area contributed by atoms with E-state index in [1.54, 1.807) is 0 Å². The molecule has 1 amide bonds. The molecule has 0 bridgehead atoms. The third-order valence-electron chi connectivity index (χ3n) is 7.27. The van der Waals surface area contributed by atoms with Crippen LogP contribution in [0.1, 0.15) is 48.9 Å². The Kier molecular flexibility index (Phi) is 6.58. The fraction of sp³-hybridized carbons (Fsp3) is 0.429. The minimum absolute atomic E-state index is 0.113. The predicted molar refractivity (Wildman–Crippen MR) is 132 cm³/mol. The largest absolute Gasteiger partial charge is 0.354 e. The van der Waals surface area contributed by atoms with Crippen LogP contribution >= 0.6 is 0 Å². The lowest BCUT2D eigenvalue weighted by Gasteiger charge is -2.33. The van der Waals surface area contributed by atoms with Gasteiger partial charge in [-0.1, -0.05) is 61.4 Å². The van der Waals surface area contributed by atoms with Gasteiger partial charge in [0, 0.05) is 29.9 Å². The van der Waals surface area contributed by atoms with Crippen LogP contribution in [0.2, 0.25) is 0 Å². The number of benzene rings is 2. The van der Waals surface area contributed by atoms with Crippen LogP contribution < -0.4 is 0 Å². The fourth-order valence-corrected chi connectivity index (χ4v) is 5.42. The smallest absolute Gasteiger partial charge is 0.225 e. The first kappa shape index (κ1) is 21.9. The number of hydrogen-bond acceptors (Lipinski definition) is 3. The summed E-state index contributed by atoms with van der Waals surface area (Å²) in [5.41, 5.74) is 3.69. The molecule has 5 heteroatoms. The Morgan fingerprint density at radius 2 is 1.48 bits per heavy atom. The molecule has 2 aromatic carbocycles. The van der Waals surface area contributed by atoms with E-state index < -0.39 is 0 Å². The first-order chi connectivity index (χ1) is 16.2. The minimum atomic E-state index is 0.113. The molecule has 0 spiro atoms. The molecule has 3 aromatic rings. The zero-order valence-corrected chi connectivity index (χ0v) is 19.3. The van der Waals surface area contributed by atoms with Crippen molar-refractivity contribution in [3.63, 3.8) is 0 Å². The monoisotopic (exact) mass is 443 g/mol. The summed E-state index contributed by atoms with van der Waals surface area (Å²) in [6.45, 7) is 3.84. The molecular formula is C28H33N3O2. The number of rotatable bonds is 5. The summed E-state index contributed by atoms with van der Waals surface area (Å²) in [6, 6.07) is 18.1. The van der Waals surface area contributed by atoms with Gasteiger partial charge in [-0.15, -0.1) is 0 Å². The lowest BCUT2D eigenvalue weighted by Crippen LogP contribution is -2.44. The Bertz CT molecular complexity index is 1100. The van der Waals surface area contributed by atoms with E-state index >= 15 is 0 Å². The number of hydrogen-bond donors (Lipinski definition) is 1. The van der Waals surface area contributed by atoms with Crippen molar-refractivity contribution in [2.75, 3.05) is 32.7 Å². The van der Waals surface area contributed by atoms with Crippen LogP contribution in [0.3, 0.4) is 0 Å². The van der Waals surface area contributed by atoms with Crippen LogP contribution in [0, 0.1) is 5.92 Å². The highest BCUT2D eigenvalue weighted by molar-refractivity contribution is 6.14. The van der Waals surface area contributed by atoms with E-state index in [0.717, 1.165) is 79.6 Å². The molecule has 0 atom stereocenters. The standard InChI is InChI=1S/C28H33N3O2/c32-25(20-30-18-14-22(15-19-30)28(33)31-16-8-1-2-9-17-31)26-23-12-6-7-13-24(23)29-27(26)21-10-4-3-5-11-21/h3-7,10-13,22,29H,1-2,8-9,14-20H2. The molecule has 0 aliphatic carbocycles. The van der Waals surface area contributed by atoms with Crippen molar-refractivity contribution in [2.24, 2.45) is 5.92 Å². The van der Waals surface area contributed by atoms with Gasteiger partial charge >= 0.3 is 0 Å². The summed E-state index contributed by atoms with van der Waals surface area (Å²) in [7, 11) is 0. The highest BCUT2D eigenvalue weighted by atomic mass is 16.2. The number of Topliss-reactive ketones (excluding diaryl/α,β-unsaturated/α-hetero) is 1. The van der Waals surface area contributed by atoms with Crippen LogP contribution in [0.5, 0.6) is 0 Å². The van der Waals surface area contributed by atoms with Crippen LogP contribution in [0.25, 0.3) is 22.2 Å². The van der Waals surface area contributed by atoms with Crippen LogP contribution in [0.15, 0.2) is 54.6 Å². The Morgan fingerprint density at radius 1 is 0.818 bits per heavy atom. The molecule has 0 saturated carbocycles. The maximum Gasteiger partial charge on any atom is 0.225 e. The summed E-state index contributed by atoms with van der Waals surface area (Å²) < 4.78 is 0. The predicted octanol–water partition coefficient (Wildman–Crippen LogP) is 5.13. The number of carbonyl (C=O) groups excluding carboxylic acids is 2. The third kappa shape index (κ3) is 4.74. The Morgan fingerprint density at radius 3 is 2.21 bits per heavy atom. The van der Waals surface area contributed by atoms with Gasteiger partial charge in [-0.25, -0.2) is 0 Å². The lowest BCUT2D eigenvalue weighted by molar-refractivity contribution is -0.137. The number of piperidine rings is 1. The molecule has 1 N–H and O–H groups in total. The van der Waals surface area contributed by atoms with E-state index in [2.05, 4.69) is 14.8 Å². The molecular weight excluding hydrogens is 410 g/mol. The summed E-state index contributed by atoms with van der Waals surface area (Å²) >= 11 is 0. The van der Waals surface area contributed by atoms with Gasteiger partial charge in [0.05, 0.1) is 17.8 Å². The lowest BCUT2D eigenvalue weighted by atomic mass is 9.94. The normalized spacial score (nSPS) is 18.4. The van der Waals surface area contributed by atoms with Crippen molar-refractivity contribution in [3.05, 3.63) is 60.2 Å². The summed E-state index contributed by atoms with van der Waals surface area (Å²) in [5, 5.41) is 0.979. The number of ketones is 1. The average Bonchev–Trinajstić information content (AvgIpc) is 3.04. The molecule has 0 unspecified atom stereocenters. The number of aromatic nitrogens is 1. The minimum Gasteiger partial charge on any atom is -0.354 e. The number of nitrogens with one attached hydrogen (secondary N) is 1. The zero-order chi connectivity index (χ0) is 22.6. The molecule has 1 aromatic heterocycles. The van der Waals surface area contributed by atoms with Gasteiger partial charge in [0.2, 0.25) is 5.91 Å². The Balaban J connectivity index is 1.28. The van der Waals surface area contributed by atoms with E-state index in [9.17, 15) is 9.59 Å². The maximum atomic E-state index is 13.5. The van der Waals surface area contributed by atoms with Gasteiger partial charge in [0.25, 0.3) is 0 Å². The SMILES string of the molecule is O=C(CN1CCC(C(=O)N2CCCCCC2)CC1)c1c(-c2ccccc2)[nH]c2ccccc12. The molecule has 5 rings (SSSR count). The maximum absolute atomic E-state index is 13.5. The molecule has 5 nitrogen and oxygen atoms in total. The molecule has 2 aliphatic rings. The fourth-order valence-electron chi connectivity index (χ4n) is 5.42. The number of fused-ring (bicyclic) bond motifs is 1. The van der Waals surface area contributed by atoms with Crippen LogP contribution in [0.4, 0.5) is 0 Å². The zero-order valence-electron chi connectivity index (χ0n) is 19.3. The number of amides is 1. The van der Waals surface area contributed by atoms with Crippen molar-refractivity contribution in [1.82, 2.24) is 14.8 Å². The number of aromatic amines is 1. The molecule has 172 valence electrons. The first-order valence-corrected chi connectivity index (χ1v) is 12.4. The number of likely N-dealkylation sites (tertiary alicyclic amines) is 2. The molecule has 2 fully saturated rings. The number of nitrogens with zero attached hydrogens (tertiary/aromatic N) is 2. The highest BCUT2D eigenvalue weighted by Crippen LogP contribution is 2.31. The third-order valence-corrected chi connectivity index (χ3v) is 7.27. The number of para-hydroxylation sites is 1. The second-order valence-electron chi connectivity index (χ2n) is 9.50. The second-order valence-corrected chi connectivity index (χ2v) is 9.50. The Hall–Kier alpha value is -2.92. The van der Waals surface area contributed by atoms with E-state index in [0.29, 0.717) is 12.5 Å². The number of carbonyl (C=O) groups is 2. The summed E-state index contributed by atoms with van der Waals surface area (Å²) in [5.74, 6) is 0.594. The van der Waals surface area contributed by atoms with E-state index in [1.807, 2.05) is 54.6 Å². The van der Waals surface area contributed by atoms with E-state index in [-0.39, 0.29) is 11.7 Å². The van der Waals surface area contributed by atoms with Gasteiger partial charge in [-0.2, -0.15) is 0 Å². The van der Waals surface area contributed by atoms with Crippen molar-refractivity contribution < 1.29 is 9.59 Å². The average molecular weight is 444 g/mol. The topological polar surface area (TPSA) is 56.4 Å². The van der Waals surface area contributed by atoms with Crippen molar-refractivity contribution in [2.45, 2.75) is 38.5 Å². The van der Waals surface area contributed by atoms with Gasteiger partial charge in [-0.3, -0.25) is 14.5 Å². The highest BCUT2D eigenvalue weighted by Gasteiger charge is 2.30. The molecule has 2 saturated heterocycles. The van der Waals surface area contributed by atoms with Gasteiger partial charge in [0.1, 0.15) is 0 Å². The van der Waals surface area contributed by atoms with Gasteiger partial charge < -0.3 is 9.88 Å². The van der Waals surface area contributed by atoms with Crippen LogP contribution in [-0.4, -0.2) is 59.2 Å². The first-order valence-electron chi connectivity index (χ1n) is 12.4. The number of H-pyrrole nitrogens is 1. The van der Waals surface area contributed by atoms with Crippen molar-refractivity contribution in [1.29, 1.82) is 0 Å².